The zero-order valence-corrected chi connectivity index (χ0v) is 6.38. The van der Waals surface area contributed by atoms with Gasteiger partial charge in [-0.05, 0) is 0 Å². The Balaban J connectivity index is 2.83. The zero-order valence-electron chi connectivity index (χ0n) is 3.40. The van der Waals surface area contributed by atoms with Gasteiger partial charge in [0.2, 0.25) is 0 Å². The summed E-state index contributed by atoms with van der Waals surface area (Å²) in [6.07, 6.45) is 1.61. The quantitative estimate of drug-likeness (QED) is 0.403. The van der Waals surface area contributed by atoms with E-state index in [9.17, 15) is 4.21 Å². The SMILES string of the molecule is CS(=O)NCI. The summed E-state index contributed by atoms with van der Waals surface area (Å²) in [4.78, 5) is 0. The summed E-state index contributed by atoms with van der Waals surface area (Å²) in [5.74, 6) is 0. The summed E-state index contributed by atoms with van der Waals surface area (Å²) in [6.45, 7) is 0. The van der Waals surface area contributed by atoms with Gasteiger partial charge in [0.15, 0.2) is 0 Å². The Labute approximate surface area is 53.4 Å². The molecule has 0 rings (SSSR count). The van der Waals surface area contributed by atoms with Crippen LogP contribution in [-0.2, 0) is 11.0 Å². The molecule has 0 aromatic carbocycles. The van der Waals surface area contributed by atoms with E-state index in [1.165, 1.54) is 0 Å². The first-order valence-electron chi connectivity index (χ1n) is 1.40. The van der Waals surface area contributed by atoms with Gasteiger partial charge in [-0.3, -0.25) is 0 Å². The van der Waals surface area contributed by atoms with Crippen LogP contribution in [-0.4, -0.2) is 15.0 Å². The van der Waals surface area contributed by atoms with Gasteiger partial charge in [0.05, 0.1) is 15.5 Å². The molecule has 0 heterocycles. The van der Waals surface area contributed by atoms with E-state index in [4.69, 9.17) is 0 Å². The van der Waals surface area contributed by atoms with Crippen LogP contribution in [0.5, 0.6) is 0 Å². The van der Waals surface area contributed by atoms with Gasteiger partial charge in [-0.1, -0.05) is 22.6 Å². The summed E-state index contributed by atoms with van der Waals surface area (Å²) in [5, 5.41) is 0. The van der Waals surface area contributed by atoms with Crippen LogP contribution in [0.2, 0.25) is 0 Å². The minimum Gasteiger partial charge on any atom is -0.243 e. The van der Waals surface area contributed by atoms with Gasteiger partial charge >= 0.3 is 0 Å². The fraction of sp³-hybridized carbons (Fsp3) is 1.00. The highest BCUT2D eigenvalue weighted by Crippen LogP contribution is 1.72. The molecule has 2 nitrogen and oxygen atoms in total. The molecular formula is C2H6INOS. The fourth-order valence-electron chi connectivity index (χ4n) is 0.0768. The van der Waals surface area contributed by atoms with Crippen molar-refractivity contribution in [3.05, 3.63) is 0 Å². The summed E-state index contributed by atoms with van der Waals surface area (Å²) in [6, 6.07) is 0. The maximum absolute atomic E-state index is 10.0. The Morgan fingerprint density at radius 1 is 2.00 bits per heavy atom. The van der Waals surface area contributed by atoms with Gasteiger partial charge in [0.1, 0.15) is 0 Å². The fourth-order valence-corrected chi connectivity index (χ4v) is 1.55. The first-order valence-corrected chi connectivity index (χ1v) is 4.48. The molecule has 1 unspecified atom stereocenters. The van der Waals surface area contributed by atoms with Gasteiger partial charge in [0, 0.05) is 6.26 Å². The zero-order chi connectivity index (χ0) is 4.99. The third-order valence-corrected chi connectivity index (χ3v) is 1.71. The molecule has 6 heavy (non-hydrogen) atoms. The molecule has 1 N–H and O–H groups in total. The standard InChI is InChI=1S/C2H6INOS/c1-6(5)4-2-3/h4H,2H2,1H3. The molecule has 0 radical (unpaired) electrons. The Bertz CT molecular complexity index is 57.5. The van der Waals surface area contributed by atoms with Crippen LogP contribution in [0.1, 0.15) is 0 Å². The minimum absolute atomic E-state index is 0.751. The lowest BCUT2D eigenvalue weighted by Crippen LogP contribution is -2.11. The van der Waals surface area contributed by atoms with Crippen molar-refractivity contribution in [1.82, 2.24) is 4.72 Å². The Morgan fingerprint density at radius 3 is 2.50 bits per heavy atom. The topological polar surface area (TPSA) is 29.1 Å². The first kappa shape index (κ1) is 6.84. The number of halogens is 1. The van der Waals surface area contributed by atoms with Crippen LogP contribution < -0.4 is 4.72 Å². The lowest BCUT2D eigenvalue weighted by Gasteiger charge is -1.86. The number of rotatable bonds is 2. The van der Waals surface area contributed by atoms with Crippen molar-refractivity contribution in [1.29, 1.82) is 0 Å². The number of hydrogen-bond donors (Lipinski definition) is 1. The number of hydrogen-bond acceptors (Lipinski definition) is 1. The Morgan fingerprint density at radius 2 is 2.50 bits per heavy atom. The normalized spacial score (nSPS) is 14.3. The van der Waals surface area contributed by atoms with Crippen molar-refractivity contribution >= 4 is 33.6 Å². The van der Waals surface area contributed by atoms with Gasteiger partial charge in [-0.25, -0.2) is 8.93 Å². The van der Waals surface area contributed by atoms with E-state index in [2.05, 4.69) is 27.3 Å². The smallest absolute Gasteiger partial charge is 0.0890 e. The van der Waals surface area contributed by atoms with E-state index in [1.807, 2.05) is 0 Å². The van der Waals surface area contributed by atoms with Gasteiger partial charge in [-0.2, -0.15) is 0 Å². The molecule has 4 heteroatoms. The second-order valence-electron chi connectivity index (χ2n) is 0.732. The second kappa shape index (κ2) is 4.01. The molecule has 38 valence electrons. The summed E-state index contributed by atoms with van der Waals surface area (Å²) in [7, 11) is -0.823. The predicted molar refractivity (Wildman–Crippen MR) is 36.1 cm³/mol. The highest BCUT2D eigenvalue weighted by molar-refractivity contribution is 14.1. The van der Waals surface area contributed by atoms with E-state index in [-0.39, 0.29) is 0 Å². The summed E-state index contributed by atoms with van der Waals surface area (Å²) in [5.41, 5.74) is 0. The average molecular weight is 219 g/mol. The van der Waals surface area contributed by atoms with Crippen molar-refractivity contribution in [2.45, 2.75) is 0 Å². The molecule has 0 amide bonds. The van der Waals surface area contributed by atoms with E-state index in [0.29, 0.717) is 0 Å². The van der Waals surface area contributed by atoms with Crippen LogP contribution >= 0.6 is 22.6 Å². The Kier molecular flexibility index (Phi) is 4.57. The van der Waals surface area contributed by atoms with Crippen molar-refractivity contribution in [3.8, 4) is 0 Å². The van der Waals surface area contributed by atoms with Crippen LogP contribution in [0.3, 0.4) is 0 Å². The molecule has 1 atom stereocenters. The van der Waals surface area contributed by atoms with E-state index in [1.54, 1.807) is 6.26 Å². The third kappa shape index (κ3) is 4.84. The molecule has 0 spiro atoms. The van der Waals surface area contributed by atoms with Crippen LogP contribution in [0.15, 0.2) is 0 Å². The molecule has 0 aromatic rings. The second-order valence-corrected chi connectivity index (χ2v) is 2.69. The van der Waals surface area contributed by atoms with E-state index in [0.717, 1.165) is 4.55 Å². The van der Waals surface area contributed by atoms with Crippen LogP contribution in [0.4, 0.5) is 0 Å². The molecule has 0 saturated heterocycles. The number of nitrogens with one attached hydrogen (secondary N) is 1. The van der Waals surface area contributed by atoms with Gasteiger partial charge in [-0.15, -0.1) is 0 Å². The highest BCUT2D eigenvalue weighted by Gasteiger charge is 1.78. The molecule has 0 fully saturated rings. The molecule has 0 saturated carbocycles. The molecule has 0 aromatic heterocycles. The number of alkyl halides is 1. The average Bonchev–Trinajstić information content (AvgIpc) is 1.35. The molecule has 0 aliphatic carbocycles. The Hall–Kier alpha value is 0.840. The lowest BCUT2D eigenvalue weighted by molar-refractivity contribution is 0.681. The van der Waals surface area contributed by atoms with Gasteiger partial charge in [0.25, 0.3) is 0 Å². The maximum atomic E-state index is 10.0. The van der Waals surface area contributed by atoms with Crippen molar-refractivity contribution in [2.75, 3.05) is 10.8 Å². The van der Waals surface area contributed by atoms with E-state index >= 15 is 0 Å². The van der Waals surface area contributed by atoms with Gasteiger partial charge < -0.3 is 0 Å². The van der Waals surface area contributed by atoms with Crippen molar-refractivity contribution in [3.63, 3.8) is 0 Å². The van der Waals surface area contributed by atoms with Crippen molar-refractivity contribution in [2.24, 2.45) is 0 Å². The molecular weight excluding hydrogens is 213 g/mol. The van der Waals surface area contributed by atoms with Crippen LogP contribution in [0.25, 0.3) is 0 Å². The third-order valence-electron chi connectivity index (χ3n) is 0.258. The lowest BCUT2D eigenvalue weighted by atomic mass is 11.6. The van der Waals surface area contributed by atoms with Crippen LogP contribution in [0, 0.1) is 0 Å². The monoisotopic (exact) mass is 219 g/mol. The minimum atomic E-state index is -0.823. The highest BCUT2D eigenvalue weighted by atomic mass is 127. The molecule has 0 bridgehead atoms. The summed E-state index contributed by atoms with van der Waals surface area (Å²) < 4.78 is 13.5. The largest absolute Gasteiger partial charge is 0.243 e. The first-order chi connectivity index (χ1) is 2.77. The predicted octanol–water partition coefficient (Wildman–Crippen LogP) is 0.262. The maximum Gasteiger partial charge on any atom is 0.0890 e. The summed E-state index contributed by atoms with van der Waals surface area (Å²) >= 11 is 2.10. The van der Waals surface area contributed by atoms with Crippen molar-refractivity contribution < 1.29 is 4.21 Å². The van der Waals surface area contributed by atoms with E-state index < -0.39 is 11.0 Å². The molecule has 0 aliphatic heterocycles. The molecule has 0 aliphatic rings.